The standard InChI is InChI=1S/C19H18N2O2S/c1-12-3-8-16(13(2)9-12)17-11-24-19(20-17)21-18(23)10-14-4-6-15(22)7-5-14/h3-9,11,22H,10H2,1-2H3,(H,20,21,23). The van der Waals surface area contributed by atoms with E-state index in [0.717, 1.165) is 16.8 Å². The van der Waals surface area contributed by atoms with Crippen LogP contribution < -0.4 is 5.32 Å². The van der Waals surface area contributed by atoms with E-state index in [4.69, 9.17) is 0 Å². The molecule has 0 saturated heterocycles. The van der Waals surface area contributed by atoms with Crippen molar-refractivity contribution >= 4 is 22.4 Å². The van der Waals surface area contributed by atoms with Crippen LogP contribution in [-0.4, -0.2) is 16.0 Å². The first-order valence-electron chi connectivity index (χ1n) is 7.62. The molecule has 0 saturated carbocycles. The van der Waals surface area contributed by atoms with Crippen LogP contribution in [0.5, 0.6) is 5.75 Å². The lowest BCUT2D eigenvalue weighted by atomic mass is 10.0. The number of carbonyl (C=O) groups excluding carboxylic acids is 1. The van der Waals surface area contributed by atoms with E-state index in [2.05, 4.69) is 42.3 Å². The number of anilines is 1. The van der Waals surface area contributed by atoms with E-state index < -0.39 is 0 Å². The Bertz CT molecular complexity index is 869. The number of rotatable bonds is 4. The van der Waals surface area contributed by atoms with Crippen LogP contribution in [0.3, 0.4) is 0 Å². The fourth-order valence-electron chi connectivity index (χ4n) is 2.52. The van der Waals surface area contributed by atoms with Gasteiger partial charge >= 0.3 is 0 Å². The Morgan fingerprint density at radius 3 is 2.62 bits per heavy atom. The molecule has 0 bridgehead atoms. The van der Waals surface area contributed by atoms with Crippen LogP contribution in [0, 0.1) is 13.8 Å². The molecular formula is C19H18N2O2S. The van der Waals surface area contributed by atoms with Gasteiger partial charge in [0, 0.05) is 10.9 Å². The molecule has 0 atom stereocenters. The van der Waals surface area contributed by atoms with E-state index >= 15 is 0 Å². The number of benzene rings is 2. The molecule has 0 unspecified atom stereocenters. The highest BCUT2D eigenvalue weighted by Crippen LogP contribution is 2.28. The van der Waals surface area contributed by atoms with Crippen LogP contribution in [0.2, 0.25) is 0 Å². The van der Waals surface area contributed by atoms with Crippen LogP contribution >= 0.6 is 11.3 Å². The number of hydrogen-bond donors (Lipinski definition) is 2. The molecule has 4 nitrogen and oxygen atoms in total. The third-order valence-electron chi connectivity index (χ3n) is 3.71. The molecule has 2 aromatic carbocycles. The molecule has 5 heteroatoms. The third kappa shape index (κ3) is 3.81. The second kappa shape index (κ2) is 6.84. The highest BCUT2D eigenvalue weighted by atomic mass is 32.1. The van der Waals surface area contributed by atoms with E-state index in [9.17, 15) is 9.90 Å². The molecule has 0 aliphatic rings. The molecule has 0 radical (unpaired) electrons. The summed E-state index contributed by atoms with van der Waals surface area (Å²) in [5.41, 5.74) is 5.18. The minimum Gasteiger partial charge on any atom is -0.508 e. The molecule has 0 aliphatic carbocycles. The summed E-state index contributed by atoms with van der Waals surface area (Å²) in [7, 11) is 0. The average molecular weight is 338 g/mol. The van der Waals surface area contributed by atoms with Crippen LogP contribution in [0.1, 0.15) is 16.7 Å². The van der Waals surface area contributed by atoms with Crippen molar-refractivity contribution in [3.63, 3.8) is 0 Å². The predicted octanol–water partition coefficient (Wildman–Crippen LogP) is 4.31. The van der Waals surface area contributed by atoms with E-state index in [1.165, 1.54) is 22.5 Å². The number of thiazole rings is 1. The summed E-state index contributed by atoms with van der Waals surface area (Å²) >= 11 is 1.42. The first-order chi connectivity index (χ1) is 11.5. The van der Waals surface area contributed by atoms with Crippen molar-refractivity contribution in [3.8, 4) is 17.0 Å². The summed E-state index contributed by atoms with van der Waals surface area (Å²) in [6.07, 6.45) is 0.249. The number of phenolic OH excluding ortho intramolecular Hbond substituents is 1. The molecule has 1 heterocycles. The first-order valence-corrected chi connectivity index (χ1v) is 8.50. The van der Waals surface area contributed by atoms with Gasteiger partial charge in [0.15, 0.2) is 5.13 Å². The Labute approximate surface area is 144 Å². The predicted molar refractivity (Wildman–Crippen MR) is 97.5 cm³/mol. The summed E-state index contributed by atoms with van der Waals surface area (Å²) in [5.74, 6) is 0.0689. The third-order valence-corrected chi connectivity index (χ3v) is 4.47. The van der Waals surface area contributed by atoms with Crippen molar-refractivity contribution in [1.82, 2.24) is 4.98 Å². The van der Waals surface area contributed by atoms with Gasteiger partial charge in [-0.05, 0) is 37.1 Å². The lowest BCUT2D eigenvalue weighted by Gasteiger charge is -2.04. The van der Waals surface area contributed by atoms with Gasteiger partial charge in [0.05, 0.1) is 12.1 Å². The fraction of sp³-hybridized carbons (Fsp3) is 0.158. The van der Waals surface area contributed by atoms with E-state index in [0.29, 0.717) is 5.13 Å². The molecule has 0 fully saturated rings. The number of carbonyl (C=O) groups is 1. The van der Waals surface area contributed by atoms with Gasteiger partial charge in [0.1, 0.15) is 5.75 Å². The smallest absolute Gasteiger partial charge is 0.230 e. The van der Waals surface area contributed by atoms with E-state index in [-0.39, 0.29) is 18.1 Å². The average Bonchev–Trinajstić information content (AvgIpc) is 2.97. The van der Waals surface area contributed by atoms with Crippen molar-refractivity contribution in [1.29, 1.82) is 0 Å². The Morgan fingerprint density at radius 2 is 1.92 bits per heavy atom. The Hall–Kier alpha value is -2.66. The second-order valence-corrected chi connectivity index (χ2v) is 6.61. The maximum atomic E-state index is 12.1. The number of aromatic nitrogens is 1. The number of aryl methyl sites for hydroxylation is 2. The molecule has 0 aliphatic heterocycles. The largest absolute Gasteiger partial charge is 0.508 e. The minimum absolute atomic E-state index is 0.123. The first kappa shape index (κ1) is 16.2. The Kier molecular flexibility index (Phi) is 4.62. The van der Waals surface area contributed by atoms with Crippen molar-refractivity contribution in [2.45, 2.75) is 20.3 Å². The zero-order valence-corrected chi connectivity index (χ0v) is 14.4. The van der Waals surface area contributed by atoms with Gasteiger partial charge in [-0.25, -0.2) is 4.98 Å². The molecule has 122 valence electrons. The topological polar surface area (TPSA) is 62.2 Å². The summed E-state index contributed by atoms with van der Waals surface area (Å²) in [6, 6.07) is 12.9. The lowest BCUT2D eigenvalue weighted by Crippen LogP contribution is -2.14. The van der Waals surface area contributed by atoms with Gasteiger partial charge in [0.2, 0.25) is 5.91 Å². The van der Waals surface area contributed by atoms with Gasteiger partial charge in [-0.15, -0.1) is 11.3 Å². The Morgan fingerprint density at radius 1 is 1.17 bits per heavy atom. The molecule has 0 spiro atoms. The zero-order valence-electron chi connectivity index (χ0n) is 13.5. The maximum Gasteiger partial charge on any atom is 0.230 e. The number of aromatic hydroxyl groups is 1. The van der Waals surface area contributed by atoms with E-state index in [1.54, 1.807) is 24.3 Å². The summed E-state index contributed by atoms with van der Waals surface area (Å²) in [4.78, 5) is 16.6. The summed E-state index contributed by atoms with van der Waals surface area (Å²) in [5, 5.41) is 14.6. The molecule has 2 N–H and O–H groups in total. The monoisotopic (exact) mass is 338 g/mol. The van der Waals surface area contributed by atoms with Crippen molar-refractivity contribution in [2.75, 3.05) is 5.32 Å². The van der Waals surface area contributed by atoms with E-state index in [1.807, 2.05) is 5.38 Å². The number of nitrogens with one attached hydrogen (secondary N) is 1. The minimum atomic E-state index is -0.123. The van der Waals surface area contributed by atoms with Crippen LogP contribution in [0.15, 0.2) is 47.8 Å². The number of hydrogen-bond acceptors (Lipinski definition) is 4. The van der Waals surface area contributed by atoms with Crippen LogP contribution in [0.4, 0.5) is 5.13 Å². The molecule has 3 rings (SSSR count). The quantitative estimate of drug-likeness (QED) is 0.745. The Balaban J connectivity index is 1.69. The molecule has 1 amide bonds. The number of phenols is 1. The second-order valence-electron chi connectivity index (χ2n) is 5.75. The summed E-state index contributed by atoms with van der Waals surface area (Å²) in [6.45, 7) is 4.12. The van der Waals surface area contributed by atoms with Crippen LogP contribution in [0.25, 0.3) is 11.3 Å². The van der Waals surface area contributed by atoms with Gasteiger partial charge in [0.25, 0.3) is 0 Å². The molecule has 24 heavy (non-hydrogen) atoms. The molecule has 1 aromatic heterocycles. The molecular weight excluding hydrogens is 320 g/mol. The van der Waals surface area contributed by atoms with Crippen molar-refractivity contribution < 1.29 is 9.90 Å². The number of amides is 1. The lowest BCUT2D eigenvalue weighted by molar-refractivity contribution is -0.115. The normalized spacial score (nSPS) is 10.6. The maximum absolute atomic E-state index is 12.1. The van der Waals surface area contributed by atoms with Gasteiger partial charge in [-0.3, -0.25) is 4.79 Å². The fourth-order valence-corrected chi connectivity index (χ4v) is 3.25. The highest BCUT2D eigenvalue weighted by Gasteiger charge is 2.10. The zero-order chi connectivity index (χ0) is 17.1. The molecule has 3 aromatic rings. The van der Waals surface area contributed by atoms with Gasteiger partial charge in [-0.2, -0.15) is 0 Å². The SMILES string of the molecule is Cc1ccc(-c2csc(NC(=O)Cc3ccc(O)cc3)n2)c(C)c1. The summed E-state index contributed by atoms with van der Waals surface area (Å²) < 4.78 is 0. The van der Waals surface area contributed by atoms with Crippen molar-refractivity contribution in [2.24, 2.45) is 0 Å². The van der Waals surface area contributed by atoms with Crippen molar-refractivity contribution in [3.05, 3.63) is 64.5 Å². The van der Waals surface area contributed by atoms with Crippen LogP contribution in [-0.2, 0) is 11.2 Å². The van der Waals surface area contributed by atoms with Gasteiger partial charge < -0.3 is 10.4 Å². The van der Waals surface area contributed by atoms with Gasteiger partial charge in [-0.1, -0.05) is 35.9 Å². The number of nitrogens with zero attached hydrogens (tertiary/aromatic N) is 1. The highest BCUT2D eigenvalue weighted by molar-refractivity contribution is 7.14.